The second kappa shape index (κ2) is 5.03. The Hall–Kier alpha value is -1.79. The van der Waals surface area contributed by atoms with Crippen molar-refractivity contribution in [2.24, 2.45) is 0 Å². The van der Waals surface area contributed by atoms with Crippen LogP contribution in [0.1, 0.15) is 18.9 Å². The molecule has 0 fully saturated rings. The molecule has 0 bridgehead atoms. The van der Waals surface area contributed by atoms with Gasteiger partial charge in [-0.25, -0.2) is 9.78 Å². The lowest BCUT2D eigenvalue weighted by Gasteiger charge is -2.17. The topological polar surface area (TPSA) is 62.2 Å². The van der Waals surface area contributed by atoms with Crippen LogP contribution in [-0.4, -0.2) is 22.1 Å². The highest BCUT2D eigenvalue weighted by Crippen LogP contribution is 2.33. The highest BCUT2D eigenvalue weighted by molar-refractivity contribution is 5.77. The fourth-order valence-electron chi connectivity index (χ4n) is 1.25. The van der Waals surface area contributed by atoms with Gasteiger partial charge in [-0.1, -0.05) is 6.92 Å². The van der Waals surface area contributed by atoms with Crippen molar-refractivity contribution in [3.8, 4) is 0 Å². The van der Waals surface area contributed by atoms with Crippen molar-refractivity contribution in [3.63, 3.8) is 0 Å². The van der Waals surface area contributed by atoms with E-state index in [2.05, 4.69) is 10.3 Å². The van der Waals surface area contributed by atoms with Gasteiger partial charge in [0.1, 0.15) is 11.9 Å². The van der Waals surface area contributed by atoms with Crippen LogP contribution in [0.2, 0.25) is 0 Å². The van der Waals surface area contributed by atoms with Gasteiger partial charge < -0.3 is 10.4 Å². The molecule has 1 unspecified atom stereocenters. The molecule has 0 aromatic carbocycles. The lowest BCUT2D eigenvalue weighted by atomic mass is 10.2. The van der Waals surface area contributed by atoms with Gasteiger partial charge >= 0.3 is 12.1 Å². The predicted molar refractivity (Wildman–Crippen MR) is 54.6 cm³/mol. The Morgan fingerprint density at radius 2 is 2.24 bits per heavy atom. The highest BCUT2D eigenvalue weighted by atomic mass is 19.4. The number of nitrogens with zero attached hydrogens (tertiary/aromatic N) is 1. The van der Waals surface area contributed by atoms with Crippen molar-refractivity contribution < 1.29 is 23.1 Å². The van der Waals surface area contributed by atoms with Crippen molar-refractivity contribution in [3.05, 3.63) is 23.9 Å². The van der Waals surface area contributed by atoms with E-state index in [0.29, 0.717) is 0 Å². The van der Waals surface area contributed by atoms with Gasteiger partial charge in [-0.05, 0) is 18.6 Å². The first kappa shape index (κ1) is 13.3. The molecule has 1 aromatic heterocycles. The molecule has 1 heterocycles. The van der Waals surface area contributed by atoms with Crippen LogP contribution < -0.4 is 5.32 Å². The first-order valence-electron chi connectivity index (χ1n) is 4.87. The molecule has 2 N–H and O–H groups in total. The molecule has 0 aliphatic heterocycles. The summed E-state index contributed by atoms with van der Waals surface area (Å²) >= 11 is 0. The van der Waals surface area contributed by atoms with Crippen LogP contribution in [0.4, 0.5) is 19.0 Å². The Morgan fingerprint density at radius 3 is 2.71 bits per heavy atom. The summed E-state index contributed by atoms with van der Waals surface area (Å²) in [7, 11) is 0. The van der Waals surface area contributed by atoms with E-state index in [0.717, 1.165) is 12.1 Å². The Morgan fingerprint density at radius 1 is 1.59 bits per heavy atom. The lowest BCUT2D eigenvalue weighted by Crippen LogP contribution is -2.30. The third-order valence-corrected chi connectivity index (χ3v) is 2.13. The normalized spacial score (nSPS) is 13.2. The molecule has 1 rings (SSSR count). The molecule has 0 amide bonds. The molecular formula is C10H11F3N2O2. The van der Waals surface area contributed by atoms with Gasteiger partial charge in [-0.15, -0.1) is 0 Å². The van der Waals surface area contributed by atoms with Gasteiger partial charge in [0.05, 0.1) is 5.56 Å². The van der Waals surface area contributed by atoms with E-state index in [1.165, 1.54) is 6.20 Å². The van der Waals surface area contributed by atoms with Crippen LogP contribution in [0.15, 0.2) is 18.3 Å². The van der Waals surface area contributed by atoms with Crippen LogP contribution in [-0.2, 0) is 11.0 Å². The van der Waals surface area contributed by atoms with Crippen molar-refractivity contribution in [1.82, 2.24) is 4.98 Å². The average molecular weight is 248 g/mol. The maximum absolute atomic E-state index is 12.6. The molecule has 0 aliphatic carbocycles. The van der Waals surface area contributed by atoms with Gasteiger partial charge in [0.15, 0.2) is 0 Å². The fraction of sp³-hybridized carbons (Fsp3) is 0.400. The SMILES string of the molecule is CCC(Nc1ncccc1C(F)(F)F)C(=O)O. The van der Waals surface area contributed by atoms with E-state index >= 15 is 0 Å². The summed E-state index contributed by atoms with van der Waals surface area (Å²) in [6.45, 7) is 1.56. The minimum absolute atomic E-state index is 0.156. The van der Waals surface area contributed by atoms with Crippen LogP contribution >= 0.6 is 0 Å². The number of alkyl halides is 3. The van der Waals surface area contributed by atoms with E-state index in [9.17, 15) is 18.0 Å². The van der Waals surface area contributed by atoms with Gasteiger partial charge in [-0.2, -0.15) is 13.2 Å². The zero-order chi connectivity index (χ0) is 13.1. The maximum atomic E-state index is 12.6. The fourth-order valence-corrected chi connectivity index (χ4v) is 1.25. The van der Waals surface area contributed by atoms with E-state index in [4.69, 9.17) is 5.11 Å². The summed E-state index contributed by atoms with van der Waals surface area (Å²) in [5.74, 6) is -1.68. The second-order valence-electron chi connectivity index (χ2n) is 3.34. The number of carboxylic acids is 1. The molecule has 0 saturated heterocycles. The maximum Gasteiger partial charge on any atom is 0.419 e. The smallest absolute Gasteiger partial charge is 0.419 e. The van der Waals surface area contributed by atoms with Crippen LogP contribution in [0.5, 0.6) is 0 Å². The van der Waals surface area contributed by atoms with Gasteiger partial charge in [-0.3, -0.25) is 0 Å². The molecule has 0 spiro atoms. The summed E-state index contributed by atoms with van der Waals surface area (Å²) in [5, 5.41) is 11.0. The number of nitrogens with one attached hydrogen (secondary N) is 1. The zero-order valence-corrected chi connectivity index (χ0v) is 8.95. The minimum Gasteiger partial charge on any atom is -0.480 e. The first-order valence-corrected chi connectivity index (χ1v) is 4.87. The zero-order valence-electron chi connectivity index (χ0n) is 8.95. The molecule has 0 radical (unpaired) electrons. The van der Waals surface area contributed by atoms with Crippen LogP contribution in [0.25, 0.3) is 0 Å². The number of carbonyl (C=O) groups is 1. The van der Waals surface area contributed by atoms with Crippen LogP contribution in [0, 0.1) is 0 Å². The first-order chi connectivity index (χ1) is 7.86. The number of hydrogen-bond acceptors (Lipinski definition) is 3. The molecule has 1 atom stereocenters. The van der Waals surface area contributed by atoms with E-state index in [1.54, 1.807) is 6.92 Å². The van der Waals surface area contributed by atoms with Crippen molar-refractivity contribution >= 4 is 11.8 Å². The third kappa shape index (κ3) is 3.33. The Kier molecular flexibility index (Phi) is 3.93. The molecule has 7 heteroatoms. The number of aliphatic carboxylic acids is 1. The Labute approximate surface area is 95.5 Å². The lowest BCUT2D eigenvalue weighted by molar-refractivity contribution is -0.139. The minimum atomic E-state index is -4.56. The quantitative estimate of drug-likeness (QED) is 0.858. The molecule has 1 aromatic rings. The van der Waals surface area contributed by atoms with Crippen molar-refractivity contribution in [2.75, 3.05) is 5.32 Å². The number of halogens is 3. The Bertz CT molecular complexity index is 407. The number of anilines is 1. The third-order valence-electron chi connectivity index (χ3n) is 2.13. The van der Waals surface area contributed by atoms with Gasteiger partial charge in [0.2, 0.25) is 0 Å². The standard InChI is InChI=1S/C10H11F3N2O2/c1-2-7(9(16)17)15-8-6(10(11,12)13)4-3-5-14-8/h3-5,7H,2H2,1H3,(H,14,15)(H,16,17). The van der Waals surface area contributed by atoms with E-state index in [1.807, 2.05) is 0 Å². The van der Waals surface area contributed by atoms with Gasteiger partial charge in [0, 0.05) is 6.20 Å². The van der Waals surface area contributed by atoms with Crippen molar-refractivity contribution in [1.29, 1.82) is 0 Å². The molecule has 17 heavy (non-hydrogen) atoms. The molecule has 0 aliphatic rings. The molecule has 0 saturated carbocycles. The summed E-state index contributed by atoms with van der Waals surface area (Å²) in [6.07, 6.45) is -3.23. The molecule has 94 valence electrons. The van der Waals surface area contributed by atoms with E-state index in [-0.39, 0.29) is 6.42 Å². The highest BCUT2D eigenvalue weighted by Gasteiger charge is 2.34. The number of hydrogen-bond donors (Lipinski definition) is 2. The number of carboxylic acid groups (broad SMARTS) is 1. The summed E-state index contributed by atoms with van der Waals surface area (Å²) in [5.41, 5.74) is -0.972. The van der Waals surface area contributed by atoms with E-state index < -0.39 is 29.6 Å². The number of aromatic nitrogens is 1. The molecular weight excluding hydrogens is 237 g/mol. The van der Waals surface area contributed by atoms with Crippen molar-refractivity contribution in [2.45, 2.75) is 25.6 Å². The average Bonchev–Trinajstić information content (AvgIpc) is 2.24. The monoisotopic (exact) mass is 248 g/mol. The predicted octanol–water partition coefficient (Wildman–Crippen LogP) is 2.38. The summed E-state index contributed by atoms with van der Waals surface area (Å²) in [4.78, 5) is 14.2. The van der Waals surface area contributed by atoms with Crippen LogP contribution in [0.3, 0.4) is 0 Å². The summed E-state index contributed by atoms with van der Waals surface area (Å²) in [6, 6.07) is 0.908. The largest absolute Gasteiger partial charge is 0.480 e. The Balaban J connectivity index is 3.02. The summed E-state index contributed by atoms with van der Waals surface area (Å²) < 4.78 is 37.7. The number of rotatable bonds is 4. The number of pyridine rings is 1. The molecule has 4 nitrogen and oxygen atoms in total. The second-order valence-corrected chi connectivity index (χ2v) is 3.34. The van der Waals surface area contributed by atoms with Gasteiger partial charge in [0.25, 0.3) is 0 Å².